The molecule has 118 valence electrons. The topological polar surface area (TPSA) is 38.8 Å². The molecule has 0 aromatic carbocycles. The monoisotopic (exact) mass is 311 g/mol. The van der Waals surface area contributed by atoms with Crippen LogP contribution >= 0.6 is 11.3 Å². The molecule has 0 saturated carbocycles. The Morgan fingerprint density at radius 1 is 1.48 bits per heavy atom. The van der Waals surface area contributed by atoms with E-state index in [0.29, 0.717) is 12.5 Å². The molecule has 0 radical (unpaired) electrons. The van der Waals surface area contributed by atoms with Crippen molar-refractivity contribution >= 4 is 17.3 Å². The highest BCUT2D eigenvalue weighted by molar-refractivity contribution is 7.11. The Labute approximate surface area is 131 Å². The van der Waals surface area contributed by atoms with Crippen molar-refractivity contribution in [1.82, 2.24) is 4.90 Å². The van der Waals surface area contributed by atoms with Crippen LogP contribution in [0.15, 0.2) is 12.1 Å². The van der Waals surface area contributed by atoms with Gasteiger partial charge in [0.1, 0.15) is 0 Å². The molecule has 2 rings (SSSR count). The van der Waals surface area contributed by atoms with Crippen LogP contribution in [0.3, 0.4) is 0 Å². The maximum Gasteiger partial charge on any atom is 0.306 e. The van der Waals surface area contributed by atoms with Crippen molar-refractivity contribution < 1.29 is 14.3 Å². The Morgan fingerprint density at radius 3 is 2.90 bits per heavy atom. The number of hydrogen-bond donors (Lipinski definition) is 0. The van der Waals surface area contributed by atoms with E-state index in [2.05, 4.69) is 24.0 Å². The molecular weight excluding hydrogens is 286 g/mol. The Kier molecular flexibility index (Phi) is 6.67. The number of carbonyl (C=O) groups excluding carboxylic acids is 1. The van der Waals surface area contributed by atoms with Gasteiger partial charge in [0, 0.05) is 36.0 Å². The van der Waals surface area contributed by atoms with Crippen LogP contribution in [0.4, 0.5) is 0 Å². The van der Waals surface area contributed by atoms with Crippen molar-refractivity contribution in [3.05, 3.63) is 21.9 Å². The highest BCUT2D eigenvalue weighted by Crippen LogP contribution is 2.20. The molecular formula is C16H25NO3S. The van der Waals surface area contributed by atoms with Gasteiger partial charge in [0.15, 0.2) is 0 Å². The van der Waals surface area contributed by atoms with Gasteiger partial charge < -0.3 is 9.47 Å². The van der Waals surface area contributed by atoms with Crippen LogP contribution < -0.4 is 0 Å². The van der Waals surface area contributed by atoms with Gasteiger partial charge in [-0.05, 0) is 31.4 Å². The van der Waals surface area contributed by atoms with Crippen molar-refractivity contribution in [2.24, 2.45) is 0 Å². The number of rotatable bonds is 8. The van der Waals surface area contributed by atoms with Gasteiger partial charge in [0.25, 0.3) is 0 Å². The number of hydrogen-bond acceptors (Lipinski definition) is 5. The molecule has 1 saturated heterocycles. The molecule has 1 fully saturated rings. The Balaban J connectivity index is 1.90. The number of nitrogens with zero attached hydrogens (tertiary/aromatic N) is 1. The van der Waals surface area contributed by atoms with Crippen LogP contribution in [0.2, 0.25) is 0 Å². The quantitative estimate of drug-likeness (QED) is 0.692. The SMILES string of the molecule is CCc1ccc(CN(CCC(=O)OC)CC2CCCO2)s1. The number of methoxy groups -OCH3 is 1. The predicted octanol–water partition coefficient (Wildman–Crippen LogP) is 2.85. The predicted molar refractivity (Wildman–Crippen MR) is 84.6 cm³/mol. The number of carbonyl (C=O) groups is 1. The summed E-state index contributed by atoms with van der Waals surface area (Å²) in [6, 6.07) is 4.40. The maximum absolute atomic E-state index is 11.4. The molecule has 0 N–H and O–H groups in total. The van der Waals surface area contributed by atoms with Crippen LogP contribution in [0.5, 0.6) is 0 Å². The average molecular weight is 311 g/mol. The van der Waals surface area contributed by atoms with E-state index in [1.807, 2.05) is 11.3 Å². The highest BCUT2D eigenvalue weighted by Gasteiger charge is 2.20. The summed E-state index contributed by atoms with van der Waals surface area (Å²) in [6.45, 7) is 5.56. The van der Waals surface area contributed by atoms with Gasteiger partial charge in [-0.1, -0.05) is 6.92 Å². The lowest BCUT2D eigenvalue weighted by molar-refractivity contribution is -0.141. The van der Waals surface area contributed by atoms with E-state index in [1.54, 1.807) is 0 Å². The molecule has 0 amide bonds. The second-order valence-electron chi connectivity index (χ2n) is 5.42. The molecule has 1 atom stereocenters. The third-order valence-electron chi connectivity index (χ3n) is 3.79. The molecule has 21 heavy (non-hydrogen) atoms. The minimum atomic E-state index is -0.146. The third kappa shape index (κ3) is 5.41. The van der Waals surface area contributed by atoms with Crippen molar-refractivity contribution in [2.75, 3.05) is 26.8 Å². The van der Waals surface area contributed by atoms with E-state index >= 15 is 0 Å². The highest BCUT2D eigenvalue weighted by atomic mass is 32.1. The van der Waals surface area contributed by atoms with Gasteiger partial charge >= 0.3 is 5.97 Å². The number of ether oxygens (including phenoxy) is 2. The Morgan fingerprint density at radius 2 is 2.29 bits per heavy atom. The lowest BCUT2D eigenvalue weighted by atomic mass is 10.2. The molecule has 0 aliphatic carbocycles. The van der Waals surface area contributed by atoms with E-state index in [-0.39, 0.29) is 5.97 Å². The molecule has 2 heterocycles. The molecule has 0 spiro atoms. The zero-order chi connectivity index (χ0) is 15.1. The second kappa shape index (κ2) is 8.51. The van der Waals surface area contributed by atoms with E-state index in [4.69, 9.17) is 9.47 Å². The summed E-state index contributed by atoms with van der Waals surface area (Å²) in [5.41, 5.74) is 0. The van der Waals surface area contributed by atoms with Gasteiger partial charge in [0.05, 0.1) is 19.6 Å². The second-order valence-corrected chi connectivity index (χ2v) is 6.67. The van der Waals surface area contributed by atoms with Crippen molar-refractivity contribution in [3.63, 3.8) is 0 Å². The summed E-state index contributed by atoms with van der Waals surface area (Å²) >= 11 is 1.86. The average Bonchev–Trinajstić information content (AvgIpc) is 3.15. The summed E-state index contributed by atoms with van der Waals surface area (Å²) < 4.78 is 10.5. The lowest BCUT2D eigenvalue weighted by Crippen LogP contribution is -2.33. The molecule has 1 aromatic heterocycles. The molecule has 0 bridgehead atoms. The molecule has 1 aliphatic rings. The first kappa shape index (κ1) is 16.5. The first-order valence-electron chi connectivity index (χ1n) is 7.69. The summed E-state index contributed by atoms with van der Waals surface area (Å²) in [7, 11) is 1.44. The van der Waals surface area contributed by atoms with Crippen molar-refractivity contribution in [1.29, 1.82) is 0 Å². The zero-order valence-corrected chi connectivity index (χ0v) is 13.8. The molecule has 1 aromatic rings. The zero-order valence-electron chi connectivity index (χ0n) is 13.0. The van der Waals surface area contributed by atoms with Gasteiger partial charge in [-0.3, -0.25) is 9.69 Å². The van der Waals surface area contributed by atoms with Gasteiger partial charge in [-0.25, -0.2) is 0 Å². The Bertz CT molecular complexity index is 440. The standard InChI is InChI=1S/C16H25NO3S/c1-3-14-6-7-15(21-14)12-17(9-8-16(18)19-2)11-13-5-4-10-20-13/h6-7,13H,3-5,8-12H2,1-2H3. The van der Waals surface area contributed by atoms with E-state index in [9.17, 15) is 4.79 Å². The normalized spacial score (nSPS) is 18.3. The smallest absolute Gasteiger partial charge is 0.306 e. The van der Waals surface area contributed by atoms with Crippen LogP contribution in [-0.2, 0) is 27.2 Å². The molecule has 4 nitrogen and oxygen atoms in total. The van der Waals surface area contributed by atoms with Crippen LogP contribution in [-0.4, -0.2) is 43.8 Å². The molecule has 1 unspecified atom stereocenters. The summed E-state index contributed by atoms with van der Waals surface area (Å²) in [4.78, 5) is 16.5. The molecule has 1 aliphatic heterocycles. The van der Waals surface area contributed by atoms with E-state index in [0.717, 1.165) is 45.5 Å². The third-order valence-corrected chi connectivity index (χ3v) is 5.01. The number of thiophene rings is 1. The van der Waals surface area contributed by atoms with E-state index < -0.39 is 0 Å². The lowest BCUT2D eigenvalue weighted by Gasteiger charge is -2.24. The van der Waals surface area contributed by atoms with Crippen molar-refractivity contribution in [3.8, 4) is 0 Å². The summed E-state index contributed by atoms with van der Waals surface area (Å²) in [6.07, 6.45) is 4.11. The number of aryl methyl sites for hydroxylation is 1. The minimum Gasteiger partial charge on any atom is -0.469 e. The summed E-state index contributed by atoms with van der Waals surface area (Å²) in [5.74, 6) is -0.146. The van der Waals surface area contributed by atoms with Gasteiger partial charge in [-0.2, -0.15) is 0 Å². The first-order chi connectivity index (χ1) is 10.2. The van der Waals surface area contributed by atoms with Crippen molar-refractivity contribution in [2.45, 2.75) is 45.3 Å². The maximum atomic E-state index is 11.4. The number of esters is 1. The van der Waals surface area contributed by atoms with Crippen LogP contribution in [0, 0.1) is 0 Å². The Hall–Kier alpha value is -0.910. The van der Waals surface area contributed by atoms with E-state index in [1.165, 1.54) is 16.9 Å². The molecule has 5 heteroatoms. The fourth-order valence-electron chi connectivity index (χ4n) is 2.58. The largest absolute Gasteiger partial charge is 0.469 e. The fraction of sp³-hybridized carbons (Fsp3) is 0.688. The fourth-order valence-corrected chi connectivity index (χ4v) is 3.58. The minimum absolute atomic E-state index is 0.146. The first-order valence-corrected chi connectivity index (χ1v) is 8.51. The van der Waals surface area contributed by atoms with Gasteiger partial charge in [-0.15, -0.1) is 11.3 Å². The van der Waals surface area contributed by atoms with Crippen LogP contribution in [0.25, 0.3) is 0 Å². The van der Waals surface area contributed by atoms with Crippen LogP contribution in [0.1, 0.15) is 35.9 Å². The van der Waals surface area contributed by atoms with Gasteiger partial charge in [0.2, 0.25) is 0 Å². The summed E-state index contributed by atoms with van der Waals surface area (Å²) in [5, 5.41) is 0.